The van der Waals surface area contributed by atoms with Crippen LogP contribution in [-0.2, 0) is 25.6 Å². The molecule has 0 spiro atoms. The largest absolute Gasteiger partial charge is 0.504 e. The lowest BCUT2D eigenvalue weighted by Gasteiger charge is -2.30. The quantitative estimate of drug-likeness (QED) is 0.0695. The number of benzene rings is 3. The van der Waals surface area contributed by atoms with Gasteiger partial charge in [-0.2, -0.15) is 9.78 Å². The van der Waals surface area contributed by atoms with Crippen LogP contribution < -0.4 is 47.2 Å². The molecule has 4 atom stereocenters. The van der Waals surface area contributed by atoms with Crippen molar-refractivity contribution >= 4 is 29.6 Å². The highest BCUT2D eigenvalue weighted by molar-refractivity contribution is 5.98. The van der Waals surface area contributed by atoms with Gasteiger partial charge in [0, 0.05) is 37.2 Å². The van der Waals surface area contributed by atoms with E-state index in [0.29, 0.717) is 30.0 Å². The van der Waals surface area contributed by atoms with Gasteiger partial charge in [-0.3, -0.25) is 24.0 Å². The first-order valence-corrected chi connectivity index (χ1v) is 21.3. The van der Waals surface area contributed by atoms with Crippen LogP contribution in [0.1, 0.15) is 68.1 Å². The van der Waals surface area contributed by atoms with Gasteiger partial charge in [0.25, 0.3) is 11.5 Å². The molecule has 5 rings (SSSR count). The third-order valence-corrected chi connectivity index (χ3v) is 10.6. The minimum Gasteiger partial charge on any atom is -0.504 e. The number of aliphatic carboxylic acids is 1. The number of ether oxygens (including phenoxy) is 3. The highest BCUT2D eigenvalue weighted by Crippen LogP contribution is 2.44. The second-order valence-corrected chi connectivity index (χ2v) is 17.0. The summed E-state index contributed by atoms with van der Waals surface area (Å²) in [5, 5.41) is 43.7. The lowest BCUT2D eigenvalue weighted by Crippen LogP contribution is -2.53. The van der Waals surface area contributed by atoms with E-state index >= 15 is 0 Å². The van der Waals surface area contributed by atoms with Crippen LogP contribution in [0.2, 0.25) is 0 Å². The van der Waals surface area contributed by atoms with E-state index in [1.807, 2.05) is 0 Å². The molecule has 4 amide bonds. The number of aliphatic hydroxyl groups is 1. The number of carboxylic acid groups (broad SMARTS) is 1. The standard InChI is InChI=1S/C46H58N8O12/c1-26-42(59)52-35(45(62)63)18-27-7-12-36(66-25-31(55)22-48)33(17-27)34-19-28(20-37(41(34)58)65-15-6-14-47)40(44(61)51-26)53(5)39(57)24-49-43(60)29-21-38(56)54(50-23-29)30-8-10-32(11-9-30)64-16-13-46(2,3)4/h7-12,17,19-21,23,26,31,35,40,55,58H,6,13-16,18,22,24-25,47-48H2,1-5H3,(H,49,60)(H,51,61)(H,52,59)(H,62,63)/t26-,31+,35-,40-/m0/s1. The summed E-state index contributed by atoms with van der Waals surface area (Å²) >= 11 is 0. The Morgan fingerprint density at radius 1 is 0.939 bits per heavy atom. The first-order valence-electron chi connectivity index (χ1n) is 21.3. The Balaban J connectivity index is 1.47. The van der Waals surface area contributed by atoms with Gasteiger partial charge in [-0.25, -0.2) is 4.79 Å². The molecule has 354 valence electrons. The Morgan fingerprint density at radius 2 is 1.67 bits per heavy atom. The van der Waals surface area contributed by atoms with Crippen molar-refractivity contribution < 1.29 is 53.5 Å². The Bertz CT molecular complexity index is 2450. The monoisotopic (exact) mass is 914 g/mol. The minimum atomic E-state index is -1.58. The maximum absolute atomic E-state index is 14.3. The number of phenols is 1. The fourth-order valence-electron chi connectivity index (χ4n) is 6.72. The van der Waals surface area contributed by atoms with Crippen molar-refractivity contribution in [2.24, 2.45) is 16.9 Å². The van der Waals surface area contributed by atoms with Crippen molar-refractivity contribution in [3.8, 4) is 39.8 Å². The van der Waals surface area contributed by atoms with E-state index in [2.05, 4.69) is 41.8 Å². The zero-order valence-electron chi connectivity index (χ0n) is 37.5. The SMILES string of the molecule is C[C@@H]1NC(=O)[C@@H](N(C)C(=O)CNC(=O)c2cnn(-c3ccc(OCCC(C)(C)C)cc3)c(=O)c2)c2cc(OCCCN)c(O)c(c2)-c2cc(ccc2OC[C@H](O)CN)C[C@@H](C(=O)O)NC1=O. The van der Waals surface area contributed by atoms with Gasteiger partial charge in [0.15, 0.2) is 11.5 Å². The highest BCUT2D eigenvalue weighted by Gasteiger charge is 2.34. The predicted octanol–water partition coefficient (Wildman–Crippen LogP) is 1.41. The molecule has 20 nitrogen and oxygen atoms in total. The van der Waals surface area contributed by atoms with Gasteiger partial charge in [-0.05, 0) is 91.4 Å². The van der Waals surface area contributed by atoms with Crippen LogP contribution in [0.25, 0.3) is 16.8 Å². The van der Waals surface area contributed by atoms with E-state index in [1.165, 1.54) is 44.4 Å². The Morgan fingerprint density at radius 3 is 2.32 bits per heavy atom. The topological polar surface area (TPSA) is 300 Å². The van der Waals surface area contributed by atoms with Crippen LogP contribution >= 0.6 is 0 Å². The molecule has 66 heavy (non-hydrogen) atoms. The lowest BCUT2D eigenvalue weighted by atomic mass is 9.93. The predicted molar refractivity (Wildman–Crippen MR) is 241 cm³/mol. The molecule has 0 fully saturated rings. The van der Waals surface area contributed by atoms with Crippen LogP contribution in [-0.4, -0.2) is 124 Å². The maximum atomic E-state index is 14.3. The molecule has 4 bridgehead atoms. The summed E-state index contributed by atoms with van der Waals surface area (Å²) in [7, 11) is 1.28. The number of nitrogens with two attached hydrogens (primary N) is 2. The van der Waals surface area contributed by atoms with Gasteiger partial charge in [0.1, 0.15) is 42.3 Å². The van der Waals surface area contributed by atoms with Crippen LogP contribution in [0.3, 0.4) is 0 Å². The average Bonchev–Trinajstić information content (AvgIpc) is 3.27. The first-order chi connectivity index (χ1) is 31.3. The maximum Gasteiger partial charge on any atom is 0.326 e. The van der Waals surface area contributed by atoms with Crippen LogP contribution in [0.4, 0.5) is 0 Å². The van der Waals surface area contributed by atoms with Gasteiger partial charge >= 0.3 is 5.97 Å². The van der Waals surface area contributed by atoms with Gasteiger partial charge in [-0.1, -0.05) is 26.8 Å². The smallest absolute Gasteiger partial charge is 0.326 e. The van der Waals surface area contributed by atoms with Crippen LogP contribution in [0.5, 0.6) is 23.0 Å². The molecule has 0 saturated carbocycles. The Hall–Kier alpha value is -7.03. The van der Waals surface area contributed by atoms with E-state index in [4.69, 9.17) is 25.7 Å². The number of hydrogen-bond acceptors (Lipinski definition) is 14. The molecule has 0 aliphatic carbocycles. The van der Waals surface area contributed by atoms with Crippen molar-refractivity contribution in [3.05, 3.63) is 93.9 Å². The fraction of sp³-hybridized carbons (Fsp3) is 0.413. The number of nitrogens with zero attached hydrogens (tertiary/aromatic N) is 3. The molecule has 0 unspecified atom stereocenters. The summed E-state index contributed by atoms with van der Waals surface area (Å²) in [6.07, 6.45) is 1.09. The van der Waals surface area contributed by atoms with E-state index < -0.39 is 71.7 Å². The molecular formula is C46H58N8O12. The number of fused-ring (bicyclic) bond motifs is 5. The second kappa shape index (κ2) is 22.2. The number of amides is 4. The Kier molecular flexibility index (Phi) is 16.8. The van der Waals surface area contributed by atoms with Crippen LogP contribution in [0.15, 0.2) is 71.7 Å². The number of aromatic nitrogens is 2. The number of likely N-dealkylation sites (N-methyl/N-ethyl adjacent to an activating group) is 1. The van der Waals surface area contributed by atoms with E-state index in [-0.39, 0.29) is 71.9 Å². The summed E-state index contributed by atoms with van der Waals surface area (Å²) in [5.41, 5.74) is 11.8. The first kappa shape index (κ1) is 50.0. The number of phenolic OH excluding ortho intramolecular Hbond substituents is 1. The number of carbonyl (C=O) groups excluding carboxylic acids is 4. The summed E-state index contributed by atoms with van der Waals surface area (Å²) in [6, 6.07) is 10.7. The zero-order valence-corrected chi connectivity index (χ0v) is 37.5. The molecule has 20 heteroatoms. The fourth-order valence-corrected chi connectivity index (χ4v) is 6.72. The lowest BCUT2D eigenvalue weighted by molar-refractivity contribution is -0.142. The Labute approximate surface area is 381 Å². The molecule has 1 aromatic heterocycles. The third-order valence-electron chi connectivity index (χ3n) is 10.6. The van der Waals surface area contributed by atoms with Crippen molar-refractivity contribution in [1.82, 2.24) is 30.6 Å². The number of nitrogens with one attached hydrogen (secondary N) is 3. The van der Waals surface area contributed by atoms with Crippen LogP contribution in [0, 0.1) is 5.41 Å². The number of aliphatic hydroxyl groups excluding tert-OH is 1. The number of hydrogen-bond donors (Lipinski definition) is 8. The molecule has 1 aliphatic heterocycles. The highest BCUT2D eigenvalue weighted by atomic mass is 16.5. The number of rotatable bonds is 17. The van der Waals surface area contributed by atoms with Gasteiger partial charge in [0.2, 0.25) is 17.7 Å². The van der Waals surface area contributed by atoms with Crippen molar-refractivity contribution in [2.75, 3.05) is 46.5 Å². The van der Waals surface area contributed by atoms with Crippen molar-refractivity contribution in [2.45, 2.75) is 71.2 Å². The normalized spacial score (nSPS) is 16.8. The molecule has 4 aromatic rings. The zero-order chi connectivity index (χ0) is 48.3. The summed E-state index contributed by atoms with van der Waals surface area (Å²) in [4.78, 5) is 81.6. The van der Waals surface area contributed by atoms with E-state index in [9.17, 15) is 44.1 Å². The number of carboxylic acids is 1. The number of carbonyl (C=O) groups is 5. The summed E-state index contributed by atoms with van der Waals surface area (Å²) in [5.74, 6) is -4.53. The van der Waals surface area contributed by atoms with Gasteiger partial charge in [0.05, 0.1) is 37.2 Å². The van der Waals surface area contributed by atoms with Gasteiger partial charge < -0.3 is 61.8 Å². The van der Waals surface area contributed by atoms with Gasteiger partial charge in [-0.15, -0.1) is 0 Å². The molecule has 2 heterocycles. The average molecular weight is 915 g/mol. The third kappa shape index (κ3) is 13.0. The molecule has 10 N–H and O–H groups in total. The minimum absolute atomic E-state index is 0.0323. The molecule has 0 saturated heterocycles. The molecule has 3 aromatic carbocycles. The van der Waals surface area contributed by atoms with Crippen molar-refractivity contribution in [1.29, 1.82) is 0 Å². The molecule has 0 radical (unpaired) electrons. The summed E-state index contributed by atoms with van der Waals surface area (Å²) in [6.45, 7) is 7.40. The van der Waals surface area contributed by atoms with E-state index in [0.717, 1.165) is 22.1 Å². The number of aromatic hydroxyl groups is 1. The van der Waals surface area contributed by atoms with E-state index in [1.54, 1.807) is 30.3 Å². The summed E-state index contributed by atoms with van der Waals surface area (Å²) < 4.78 is 18.8. The molecule has 1 aliphatic rings. The second-order valence-electron chi connectivity index (χ2n) is 17.0. The van der Waals surface area contributed by atoms with Crippen molar-refractivity contribution in [3.63, 3.8) is 0 Å². The molecular weight excluding hydrogens is 857 g/mol.